The number of anilines is 1. The van der Waals surface area contributed by atoms with Crippen molar-refractivity contribution in [2.24, 2.45) is 0 Å². The molecule has 0 bridgehead atoms. The minimum Gasteiger partial charge on any atom is -0.451 e. The fourth-order valence-corrected chi connectivity index (χ4v) is 3.69. The number of halogens is 3. The van der Waals surface area contributed by atoms with Gasteiger partial charge >= 0.3 is 6.18 Å². The minimum atomic E-state index is -4.45. The van der Waals surface area contributed by atoms with E-state index in [1.165, 1.54) is 31.2 Å². The zero-order valence-corrected chi connectivity index (χ0v) is 17.4. The topological polar surface area (TPSA) is 53.8 Å². The summed E-state index contributed by atoms with van der Waals surface area (Å²) in [6.07, 6.45) is -4.45. The number of rotatable bonds is 4. The van der Waals surface area contributed by atoms with Crippen LogP contribution in [0.2, 0.25) is 0 Å². The van der Waals surface area contributed by atoms with Gasteiger partial charge in [-0.3, -0.25) is 9.59 Å². The van der Waals surface area contributed by atoms with Gasteiger partial charge in [-0.25, -0.2) is 0 Å². The fourth-order valence-electron chi connectivity index (χ4n) is 3.69. The quantitative estimate of drug-likeness (QED) is 0.526. The number of ketones is 1. The molecule has 0 aliphatic carbocycles. The van der Waals surface area contributed by atoms with Gasteiger partial charge in [-0.1, -0.05) is 12.1 Å². The summed E-state index contributed by atoms with van der Waals surface area (Å²) in [5, 5.41) is 0. The van der Waals surface area contributed by atoms with Crippen molar-refractivity contribution in [1.82, 2.24) is 4.90 Å². The number of hydrogen-bond donors (Lipinski definition) is 0. The van der Waals surface area contributed by atoms with Gasteiger partial charge in [-0.2, -0.15) is 13.2 Å². The van der Waals surface area contributed by atoms with E-state index in [9.17, 15) is 22.8 Å². The number of hydrogen-bond acceptors (Lipinski definition) is 4. The van der Waals surface area contributed by atoms with Crippen LogP contribution in [-0.2, 0) is 6.18 Å². The lowest BCUT2D eigenvalue weighted by atomic mass is 10.1. The number of furan rings is 1. The maximum absolute atomic E-state index is 13.0. The fraction of sp³-hybridized carbons (Fsp3) is 0.250. The predicted octanol–water partition coefficient (Wildman–Crippen LogP) is 5.13. The van der Waals surface area contributed by atoms with E-state index in [4.69, 9.17) is 4.42 Å². The molecule has 5 nitrogen and oxygen atoms in total. The summed E-state index contributed by atoms with van der Waals surface area (Å²) in [4.78, 5) is 28.0. The molecule has 1 saturated heterocycles. The largest absolute Gasteiger partial charge is 0.451 e. The molecule has 1 aliphatic rings. The van der Waals surface area contributed by atoms with Gasteiger partial charge in [-0.15, -0.1) is 0 Å². The van der Waals surface area contributed by atoms with Crippen molar-refractivity contribution in [2.45, 2.75) is 13.1 Å². The van der Waals surface area contributed by atoms with Crippen molar-refractivity contribution in [3.05, 3.63) is 77.6 Å². The van der Waals surface area contributed by atoms with Gasteiger partial charge in [0, 0.05) is 43.0 Å². The van der Waals surface area contributed by atoms with Crippen LogP contribution in [-0.4, -0.2) is 42.8 Å². The molecule has 0 N–H and O–H groups in total. The van der Waals surface area contributed by atoms with E-state index in [2.05, 4.69) is 4.90 Å². The van der Waals surface area contributed by atoms with Gasteiger partial charge in [0.05, 0.1) is 5.56 Å². The van der Waals surface area contributed by atoms with E-state index in [-0.39, 0.29) is 28.8 Å². The Labute approximate surface area is 183 Å². The van der Waals surface area contributed by atoms with E-state index in [0.717, 1.165) is 17.8 Å². The molecule has 1 aliphatic heterocycles. The Morgan fingerprint density at radius 1 is 0.906 bits per heavy atom. The summed E-state index contributed by atoms with van der Waals surface area (Å²) >= 11 is 0. The molecule has 8 heteroatoms. The second-order valence-electron chi connectivity index (χ2n) is 7.62. The van der Waals surface area contributed by atoms with Crippen molar-refractivity contribution in [2.75, 3.05) is 31.1 Å². The average Bonchev–Trinajstić information content (AvgIpc) is 3.29. The van der Waals surface area contributed by atoms with E-state index >= 15 is 0 Å². The summed E-state index contributed by atoms with van der Waals surface area (Å²) in [5.74, 6) is 0.0186. The minimum absolute atomic E-state index is 0.00918. The van der Waals surface area contributed by atoms with Crippen LogP contribution in [0.4, 0.5) is 18.9 Å². The van der Waals surface area contributed by atoms with Crippen LogP contribution in [0.3, 0.4) is 0 Å². The molecular weight excluding hydrogens is 421 g/mol. The molecule has 32 heavy (non-hydrogen) atoms. The van der Waals surface area contributed by atoms with Crippen molar-refractivity contribution >= 4 is 17.4 Å². The maximum atomic E-state index is 13.0. The van der Waals surface area contributed by atoms with Crippen LogP contribution < -0.4 is 4.90 Å². The number of piperazine rings is 1. The molecule has 4 rings (SSSR count). The van der Waals surface area contributed by atoms with Gasteiger partial charge in [-0.05, 0) is 55.5 Å². The Morgan fingerprint density at radius 2 is 1.59 bits per heavy atom. The monoisotopic (exact) mass is 442 g/mol. The molecular formula is C24H21F3N2O3. The SMILES string of the molecule is CC(=O)c1ccc(N2CCN(C(=O)c3ccc(-c4cccc(C(F)(F)F)c4)o3)CC2)cc1. The molecule has 0 atom stereocenters. The highest BCUT2D eigenvalue weighted by Gasteiger charge is 2.31. The number of benzene rings is 2. The zero-order valence-electron chi connectivity index (χ0n) is 17.4. The first-order chi connectivity index (χ1) is 15.2. The van der Waals surface area contributed by atoms with Gasteiger partial charge < -0.3 is 14.2 Å². The Bertz CT molecular complexity index is 1130. The number of nitrogens with zero attached hydrogens (tertiary/aromatic N) is 2. The summed E-state index contributed by atoms with van der Waals surface area (Å²) in [7, 11) is 0. The molecule has 1 amide bonds. The van der Waals surface area contributed by atoms with Crippen molar-refractivity contribution in [3.8, 4) is 11.3 Å². The van der Waals surface area contributed by atoms with Crippen LogP contribution >= 0.6 is 0 Å². The molecule has 0 radical (unpaired) electrons. The first-order valence-corrected chi connectivity index (χ1v) is 10.1. The Morgan fingerprint density at radius 3 is 2.22 bits per heavy atom. The molecule has 2 aromatic carbocycles. The van der Waals surface area contributed by atoms with E-state index in [1.807, 2.05) is 12.1 Å². The van der Waals surface area contributed by atoms with Crippen LogP contribution in [0.5, 0.6) is 0 Å². The second kappa shape index (κ2) is 8.53. The summed E-state index contributed by atoms with van der Waals surface area (Å²) in [6.45, 7) is 3.71. The maximum Gasteiger partial charge on any atom is 0.416 e. The van der Waals surface area contributed by atoms with Crippen LogP contribution in [0.1, 0.15) is 33.4 Å². The lowest BCUT2D eigenvalue weighted by molar-refractivity contribution is -0.137. The van der Waals surface area contributed by atoms with E-state index in [0.29, 0.717) is 31.7 Å². The number of Topliss-reactive ketones (excluding diaryl/α,β-unsaturated/α-hetero) is 1. The summed E-state index contributed by atoms with van der Waals surface area (Å²) < 4.78 is 44.5. The van der Waals surface area contributed by atoms with Crippen molar-refractivity contribution in [3.63, 3.8) is 0 Å². The first kappa shape index (κ1) is 21.7. The molecule has 0 unspecified atom stereocenters. The zero-order chi connectivity index (χ0) is 22.9. The third kappa shape index (κ3) is 4.54. The standard InChI is InChI=1S/C24H21F3N2O3/c1-16(30)17-5-7-20(8-6-17)28-11-13-29(14-12-28)23(31)22-10-9-21(32-22)18-3-2-4-19(15-18)24(25,26)27/h2-10,15H,11-14H2,1H3. The van der Waals surface area contributed by atoms with E-state index in [1.54, 1.807) is 17.0 Å². The summed E-state index contributed by atoms with van der Waals surface area (Å²) in [5.41, 5.74) is 1.12. The normalized spacial score (nSPS) is 14.5. The van der Waals surface area contributed by atoms with Crippen molar-refractivity contribution in [1.29, 1.82) is 0 Å². The highest BCUT2D eigenvalue weighted by Crippen LogP contribution is 2.33. The molecule has 0 saturated carbocycles. The summed E-state index contributed by atoms with van der Waals surface area (Å²) in [6, 6.07) is 15.2. The number of alkyl halides is 3. The Kier molecular flexibility index (Phi) is 5.78. The van der Waals surface area contributed by atoms with Crippen LogP contribution in [0.25, 0.3) is 11.3 Å². The highest BCUT2D eigenvalue weighted by atomic mass is 19.4. The number of carbonyl (C=O) groups is 2. The molecule has 3 aromatic rings. The molecule has 1 aromatic heterocycles. The third-order valence-electron chi connectivity index (χ3n) is 5.50. The first-order valence-electron chi connectivity index (χ1n) is 10.1. The Hall–Kier alpha value is -3.55. The number of amides is 1. The highest BCUT2D eigenvalue weighted by molar-refractivity contribution is 5.94. The number of carbonyl (C=O) groups excluding carboxylic acids is 2. The van der Waals surface area contributed by atoms with Gasteiger partial charge in [0.2, 0.25) is 0 Å². The predicted molar refractivity (Wildman–Crippen MR) is 114 cm³/mol. The van der Waals surface area contributed by atoms with Crippen molar-refractivity contribution < 1.29 is 27.2 Å². The lowest BCUT2D eigenvalue weighted by Gasteiger charge is -2.35. The third-order valence-corrected chi connectivity index (χ3v) is 5.50. The molecule has 0 spiro atoms. The van der Waals surface area contributed by atoms with Crippen LogP contribution in [0.15, 0.2) is 65.1 Å². The van der Waals surface area contributed by atoms with Gasteiger partial charge in [0.15, 0.2) is 11.5 Å². The second-order valence-corrected chi connectivity index (χ2v) is 7.62. The molecule has 2 heterocycles. The smallest absolute Gasteiger partial charge is 0.416 e. The molecule has 1 fully saturated rings. The van der Waals surface area contributed by atoms with Crippen LogP contribution in [0, 0.1) is 0 Å². The van der Waals surface area contributed by atoms with E-state index < -0.39 is 11.7 Å². The molecule has 166 valence electrons. The van der Waals surface area contributed by atoms with Gasteiger partial charge in [0.25, 0.3) is 5.91 Å². The Balaban J connectivity index is 1.41. The average molecular weight is 442 g/mol. The lowest BCUT2D eigenvalue weighted by Crippen LogP contribution is -2.48. The van der Waals surface area contributed by atoms with Gasteiger partial charge in [0.1, 0.15) is 5.76 Å².